The lowest BCUT2D eigenvalue weighted by atomic mass is 10.1. The van der Waals surface area contributed by atoms with Crippen molar-refractivity contribution < 1.29 is 19.1 Å². The molecule has 0 unspecified atom stereocenters. The van der Waals surface area contributed by atoms with Crippen molar-refractivity contribution in [1.29, 1.82) is 0 Å². The normalized spacial score (nSPS) is 10.5. The molecule has 0 radical (unpaired) electrons. The van der Waals surface area contributed by atoms with E-state index in [1.807, 2.05) is 24.3 Å². The van der Waals surface area contributed by atoms with E-state index in [9.17, 15) is 9.59 Å². The van der Waals surface area contributed by atoms with Crippen LogP contribution in [0.2, 0.25) is 5.02 Å². The second-order valence-electron chi connectivity index (χ2n) is 5.41. The van der Waals surface area contributed by atoms with E-state index in [1.165, 1.54) is 7.11 Å². The second kappa shape index (κ2) is 7.36. The van der Waals surface area contributed by atoms with E-state index in [1.54, 1.807) is 36.4 Å². The van der Waals surface area contributed by atoms with Gasteiger partial charge in [0, 0.05) is 10.6 Å². The first kappa shape index (κ1) is 17.0. The predicted octanol–water partition coefficient (Wildman–Crippen LogP) is 4.54. The summed E-state index contributed by atoms with van der Waals surface area (Å²) < 4.78 is 10.4. The van der Waals surface area contributed by atoms with Crippen molar-refractivity contribution in [2.24, 2.45) is 0 Å². The van der Waals surface area contributed by atoms with E-state index in [-0.39, 0.29) is 18.0 Å². The van der Waals surface area contributed by atoms with Crippen molar-refractivity contribution in [3.05, 3.63) is 76.8 Å². The van der Waals surface area contributed by atoms with Gasteiger partial charge in [-0.3, -0.25) is 4.79 Å². The second-order valence-corrected chi connectivity index (χ2v) is 5.84. The van der Waals surface area contributed by atoms with Crippen molar-refractivity contribution in [2.45, 2.75) is 0 Å². The summed E-state index contributed by atoms with van der Waals surface area (Å²) in [7, 11) is 1.49. The van der Waals surface area contributed by atoms with Crippen LogP contribution in [0, 0.1) is 0 Å². The molecule has 0 aromatic heterocycles. The molecule has 0 saturated carbocycles. The average Bonchev–Trinajstić information content (AvgIpc) is 2.65. The highest BCUT2D eigenvalue weighted by Crippen LogP contribution is 2.26. The third kappa shape index (κ3) is 3.80. The fourth-order valence-corrected chi connectivity index (χ4v) is 2.60. The van der Waals surface area contributed by atoms with E-state index in [4.69, 9.17) is 21.1 Å². The number of hydrogen-bond acceptors (Lipinski definition) is 4. The number of esters is 1. The van der Waals surface area contributed by atoms with Crippen LogP contribution >= 0.6 is 11.6 Å². The van der Waals surface area contributed by atoms with Gasteiger partial charge < -0.3 is 9.47 Å². The number of benzene rings is 3. The SMILES string of the molecule is COc1cc2ccccc2cc1C(=O)OCC(=O)c1ccc(Cl)cc1. The molecule has 0 aliphatic carbocycles. The molecule has 0 N–H and O–H groups in total. The van der Waals surface area contributed by atoms with Gasteiger partial charge in [0.05, 0.1) is 7.11 Å². The molecular weight excluding hydrogens is 340 g/mol. The van der Waals surface area contributed by atoms with Crippen molar-refractivity contribution in [1.82, 2.24) is 0 Å². The Bertz CT molecular complexity index is 932. The number of rotatable bonds is 5. The molecule has 4 nitrogen and oxygen atoms in total. The van der Waals surface area contributed by atoms with Gasteiger partial charge in [-0.25, -0.2) is 4.79 Å². The lowest BCUT2D eigenvalue weighted by Gasteiger charge is -2.10. The number of ether oxygens (including phenoxy) is 2. The van der Waals surface area contributed by atoms with Gasteiger partial charge in [0.2, 0.25) is 0 Å². The molecule has 0 bridgehead atoms. The molecular formula is C20H15ClO4. The van der Waals surface area contributed by atoms with Crippen LogP contribution in [0.1, 0.15) is 20.7 Å². The van der Waals surface area contributed by atoms with Gasteiger partial charge in [0.25, 0.3) is 0 Å². The van der Waals surface area contributed by atoms with Crippen LogP contribution in [0.4, 0.5) is 0 Å². The molecule has 0 spiro atoms. The summed E-state index contributed by atoms with van der Waals surface area (Å²) in [6.07, 6.45) is 0. The van der Waals surface area contributed by atoms with Crippen LogP contribution in [-0.4, -0.2) is 25.5 Å². The summed E-state index contributed by atoms with van der Waals surface area (Å²) >= 11 is 5.79. The van der Waals surface area contributed by atoms with E-state index < -0.39 is 5.97 Å². The third-order valence-corrected chi connectivity index (χ3v) is 4.04. The van der Waals surface area contributed by atoms with Gasteiger partial charge in [-0.2, -0.15) is 0 Å². The molecule has 3 aromatic carbocycles. The van der Waals surface area contributed by atoms with E-state index in [0.29, 0.717) is 16.3 Å². The molecule has 126 valence electrons. The summed E-state index contributed by atoms with van der Waals surface area (Å²) in [6.45, 7) is -0.351. The summed E-state index contributed by atoms with van der Waals surface area (Å²) in [6, 6.07) is 17.5. The van der Waals surface area contributed by atoms with Crippen LogP contribution in [-0.2, 0) is 4.74 Å². The van der Waals surface area contributed by atoms with Crippen LogP contribution in [0.25, 0.3) is 10.8 Å². The quantitative estimate of drug-likeness (QED) is 0.498. The predicted molar refractivity (Wildman–Crippen MR) is 96.6 cm³/mol. The lowest BCUT2D eigenvalue weighted by Crippen LogP contribution is -2.15. The third-order valence-electron chi connectivity index (χ3n) is 3.79. The Kier molecular flexibility index (Phi) is 5.00. The summed E-state index contributed by atoms with van der Waals surface area (Å²) in [4.78, 5) is 24.5. The Morgan fingerprint density at radius 1 is 0.960 bits per heavy atom. The number of halogens is 1. The number of fused-ring (bicyclic) bond motifs is 1. The molecule has 0 saturated heterocycles. The molecule has 0 aliphatic rings. The standard InChI is InChI=1S/C20H15ClO4/c1-24-19-11-15-5-3-2-4-14(15)10-17(19)20(23)25-12-18(22)13-6-8-16(21)9-7-13/h2-11H,12H2,1H3. The monoisotopic (exact) mass is 354 g/mol. The van der Waals surface area contributed by atoms with Crippen molar-refractivity contribution in [3.63, 3.8) is 0 Å². The van der Waals surface area contributed by atoms with Crippen molar-refractivity contribution in [2.75, 3.05) is 13.7 Å². The van der Waals surface area contributed by atoms with Gasteiger partial charge in [-0.1, -0.05) is 35.9 Å². The molecule has 0 aliphatic heterocycles. The number of hydrogen-bond donors (Lipinski definition) is 0. The lowest BCUT2D eigenvalue weighted by molar-refractivity contribution is 0.0472. The zero-order valence-electron chi connectivity index (χ0n) is 13.5. The highest BCUT2D eigenvalue weighted by molar-refractivity contribution is 6.30. The number of carbonyl (C=O) groups excluding carboxylic acids is 2. The maximum Gasteiger partial charge on any atom is 0.342 e. The summed E-state index contributed by atoms with van der Waals surface area (Å²) in [5, 5.41) is 2.38. The number of carbonyl (C=O) groups is 2. The van der Waals surface area contributed by atoms with E-state index >= 15 is 0 Å². The maximum absolute atomic E-state index is 12.4. The van der Waals surface area contributed by atoms with Crippen LogP contribution in [0.15, 0.2) is 60.7 Å². The van der Waals surface area contributed by atoms with Crippen LogP contribution in [0.5, 0.6) is 5.75 Å². The average molecular weight is 355 g/mol. The minimum Gasteiger partial charge on any atom is -0.496 e. The maximum atomic E-state index is 12.4. The van der Waals surface area contributed by atoms with Gasteiger partial charge in [-0.05, 0) is 47.2 Å². The van der Waals surface area contributed by atoms with Crippen LogP contribution < -0.4 is 4.74 Å². The Labute approximate surface area is 149 Å². The molecule has 0 amide bonds. The first-order valence-corrected chi connectivity index (χ1v) is 7.99. The Hall–Kier alpha value is -2.85. The zero-order valence-corrected chi connectivity index (χ0v) is 14.2. The summed E-state index contributed by atoms with van der Waals surface area (Å²) in [5.41, 5.74) is 0.716. The first-order valence-electron chi connectivity index (χ1n) is 7.61. The Balaban J connectivity index is 1.77. The minimum absolute atomic E-state index is 0.283. The fourth-order valence-electron chi connectivity index (χ4n) is 2.48. The Morgan fingerprint density at radius 2 is 1.60 bits per heavy atom. The molecule has 25 heavy (non-hydrogen) atoms. The van der Waals surface area contributed by atoms with Crippen molar-refractivity contribution >= 4 is 34.1 Å². The van der Waals surface area contributed by atoms with E-state index in [2.05, 4.69) is 0 Å². The fraction of sp³-hybridized carbons (Fsp3) is 0.100. The molecule has 0 atom stereocenters. The molecule has 0 fully saturated rings. The van der Waals surface area contributed by atoms with Crippen molar-refractivity contribution in [3.8, 4) is 5.75 Å². The largest absolute Gasteiger partial charge is 0.496 e. The smallest absolute Gasteiger partial charge is 0.342 e. The van der Waals surface area contributed by atoms with Gasteiger partial charge >= 0.3 is 5.97 Å². The molecule has 5 heteroatoms. The van der Waals surface area contributed by atoms with Crippen LogP contribution in [0.3, 0.4) is 0 Å². The van der Waals surface area contributed by atoms with E-state index in [0.717, 1.165) is 10.8 Å². The highest BCUT2D eigenvalue weighted by Gasteiger charge is 2.17. The Morgan fingerprint density at radius 3 is 2.24 bits per heavy atom. The number of methoxy groups -OCH3 is 1. The molecule has 3 aromatic rings. The summed E-state index contributed by atoms with van der Waals surface area (Å²) in [5.74, 6) is -0.502. The topological polar surface area (TPSA) is 52.6 Å². The number of Topliss-reactive ketones (excluding diaryl/α,β-unsaturated/α-hetero) is 1. The number of ketones is 1. The van der Waals surface area contributed by atoms with Gasteiger partial charge in [0.1, 0.15) is 11.3 Å². The minimum atomic E-state index is -0.607. The van der Waals surface area contributed by atoms with Gasteiger partial charge in [0.15, 0.2) is 12.4 Å². The molecule has 3 rings (SSSR count). The zero-order chi connectivity index (χ0) is 17.8. The molecule has 0 heterocycles. The first-order chi connectivity index (χ1) is 12.1. The highest BCUT2D eigenvalue weighted by atomic mass is 35.5. The van der Waals surface area contributed by atoms with Gasteiger partial charge in [-0.15, -0.1) is 0 Å².